The standard InChI is InChI=1S/C47H27N5O2/c1-2-8-29(9-3-1)45-50-46(52-47(51-45)38-15-7-17-40-44(38)37-23-25-49-27-42(37)54-40)30-20-18-28(19-21-30)31-10-4-12-33-32(31)11-5-13-34(33)35-14-6-16-39-43(35)36-22-24-48-26-41(36)53-39/h1-27H. The van der Waals surface area contributed by atoms with E-state index in [1.54, 1.807) is 18.6 Å². The molecule has 252 valence electrons. The van der Waals surface area contributed by atoms with E-state index in [4.69, 9.17) is 23.8 Å². The number of benzene rings is 6. The monoisotopic (exact) mass is 693 g/mol. The van der Waals surface area contributed by atoms with E-state index in [9.17, 15) is 0 Å². The first-order valence-corrected chi connectivity index (χ1v) is 17.7. The molecule has 6 aromatic carbocycles. The smallest absolute Gasteiger partial charge is 0.164 e. The molecule has 7 heteroatoms. The summed E-state index contributed by atoms with van der Waals surface area (Å²) in [5.74, 6) is 1.77. The Bertz CT molecular complexity index is 3220. The number of hydrogen-bond donors (Lipinski definition) is 0. The fourth-order valence-electron chi connectivity index (χ4n) is 7.71. The summed E-state index contributed by atoms with van der Waals surface area (Å²) < 4.78 is 12.3. The Balaban J connectivity index is 1.03. The molecule has 0 bridgehead atoms. The van der Waals surface area contributed by atoms with Gasteiger partial charge >= 0.3 is 0 Å². The molecule has 0 unspecified atom stereocenters. The molecule has 54 heavy (non-hydrogen) atoms. The maximum atomic E-state index is 6.18. The Morgan fingerprint density at radius 1 is 0.315 bits per heavy atom. The van der Waals surface area contributed by atoms with Crippen LogP contribution in [0.3, 0.4) is 0 Å². The van der Waals surface area contributed by atoms with Gasteiger partial charge in [0.25, 0.3) is 0 Å². The van der Waals surface area contributed by atoms with Crippen LogP contribution in [-0.4, -0.2) is 24.9 Å². The highest BCUT2D eigenvalue weighted by molar-refractivity contribution is 6.16. The molecule has 0 fully saturated rings. The molecule has 0 aliphatic carbocycles. The van der Waals surface area contributed by atoms with Crippen LogP contribution in [0.25, 0.3) is 111 Å². The third-order valence-electron chi connectivity index (χ3n) is 10.2. The fraction of sp³-hybridized carbons (Fsp3) is 0. The number of rotatable bonds is 5. The summed E-state index contributed by atoms with van der Waals surface area (Å²) in [6.07, 6.45) is 7.12. The summed E-state index contributed by atoms with van der Waals surface area (Å²) in [7, 11) is 0. The van der Waals surface area contributed by atoms with Gasteiger partial charge in [0.2, 0.25) is 0 Å². The largest absolute Gasteiger partial charge is 0.454 e. The van der Waals surface area contributed by atoms with Gasteiger partial charge in [0.15, 0.2) is 28.6 Å². The highest BCUT2D eigenvalue weighted by atomic mass is 16.3. The van der Waals surface area contributed by atoms with Crippen LogP contribution in [0, 0.1) is 0 Å². The van der Waals surface area contributed by atoms with Crippen LogP contribution in [0.4, 0.5) is 0 Å². The molecule has 5 aromatic heterocycles. The first kappa shape index (κ1) is 30.1. The van der Waals surface area contributed by atoms with E-state index in [0.29, 0.717) is 17.5 Å². The minimum atomic E-state index is 0.575. The van der Waals surface area contributed by atoms with E-state index in [0.717, 1.165) is 82.8 Å². The molecule has 0 radical (unpaired) electrons. The Hall–Kier alpha value is -7.51. The number of pyridine rings is 2. The van der Waals surface area contributed by atoms with Crippen molar-refractivity contribution in [2.75, 3.05) is 0 Å². The molecular weight excluding hydrogens is 667 g/mol. The van der Waals surface area contributed by atoms with Crippen LogP contribution < -0.4 is 0 Å². The molecular formula is C47H27N5O2. The van der Waals surface area contributed by atoms with Crippen LogP contribution >= 0.6 is 0 Å². The maximum absolute atomic E-state index is 6.18. The normalized spacial score (nSPS) is 11.7. The van der Waals surface area contributed by atoms with Crippen LogP contribution in [0.15, 0.2) is 173 Å². The van der Waals surface area contributed by atoms with Crippen molar-refractivity contribution in [2.45, 2.75) is 0 Å². The average Bonchev–Trinajstić information content (AvgIpc) is 3.82. The van der Waals surface area contributed by atoms with Crippen molar-refractivity contribution in [3.63, 3.8) is 0 Å². The zero-order valence-corrected chi connectivity index (χ0v) is 28.6. The van der Waals surface area contributed by atoms with Crippen molar-refractivity contribution in [3.05, 3.63) is 164 Å². The van der Waals surface area contributed by atoms with Gasteiger partial charge < -0.3 is 8.83 Å². The zero-order valence-electron chi connectivity index (χ0n) is 28.6. The van der Waals surface area contributed by atoms with E-state index in [1.165, 1.54) is 10.8 Å². The molecule has 0 spiro atoms. The Labute approximate surface area is 308 Å². The Kier molecular flexibility index (Phi) is 6.72. The van der Waals surface area contributed by atoms with Gasteiger partial charge in [-0.3, -0.25) is 9.97 Å². The lowest BCUT2D eigenvalue weighted by Crippen LogP contribution is -2.00. The van der Waals surface area contributed by atoms with Crippen molar-refractivity contribution in [3.8, 4) is 56.4 Å². The van der Waals surface area contributed by atoms with Crippen LogP contribution in [0.2, 0.25) is 0 Å². The van der Waals surface area contributed by atoms with Gasteiger partial charge in [-0.15, -0.1) is 0 Å². The van der Waals surface area contributed by atoms with Crippen molar-refractivity contribution in [1.29, 1.82) is 0 Å². The van der Waals surface area contributed by atoms with Gasteiger partial charge in [0.05, 0.1) is 12.4 Å². The maximum Gasteiger partial charge on any atom is 0.164 e. The number of aromatic nitrogens is 5. The molecule has 0 saturated carbocycles. The fourth-order valence-corrected chi connectivity index (χ4v) is 7.71. The summed E-state index contributed by atoms with van der Waals surface area (Å²) in [5.41, 5.74) is 10.3. The molecule has 5 heterocycles. The van der Waals surface area contributed by atoms with E-state index in [-0.39, 0.29) is 0 Å². The highest BCUT2D eigenvalue weighted by Gasteiger charge is 2.19. The second kappa shape index (κ2) is 12.0. The summed E-state index contributed by atoms with van der Waals surface area (Å²) in [6, 6.07) is 47.8. The summed E-state index contributed by atoms with van der Waals surface area (Å²) in [6.45, 7) is 0. The second-order valence-corrected chi connectivity index (χ2v) is 13.3. The third kappa shape index (κ3) is 4.79. The van der Waals surface area contributed by atoms with Gasteiger partial charge in [-0.1, -0.05) is 115 Å². The molecule has 0 saturated heterocycles. The quantitative estimate of drug-likeness (QED) is 0.177. The minimum absolute atomic E-state index is 0.575. The van der Waals surface area contributed by atoms with E-state index in [2.05, 4.69) is 82.8 Å². The van der Waals surface area contributed by atoms with Gasteiger partial charge in [-0.2, -0.15) is 0 Å². The molecule has 7 nitrogen and oxygen atoms in total. The lowest BCUT2D eigenvalue weighted by atomic mass is 9.91. The summed E-state index contributed by atoms with van der Waals surface area (Å²) >= 11 is 0. The molecule has 11 aromatic rings. The highest BCUT2D eigenvalue weighted by Crippen LogP contribution is 2.41. The molecule has 0 aliphatic rings. The Morgan fingerprint density at radius 3 is 1.48 bits per heavy atom. The number of furan rings is 2. The van der Waals surface area contributed by atoms with E-state index in [1.807, 2.05) is 72.9 Å². The summed E-state index contributed by atoms with van der Waals surface area (Å²) in [4.78, 5) is 23.6. The molecule has 0 N–H and O–H groups in total. The van der Waals surface area contributed by atoms with Crippen molar-refractivity contribution < 1.29 is 8.83 Å². The number of nitrogens with zero attached hydrogens (tertiary/aromatic N) is 5. The van der Waals surface area contributed by atoms with Crippen molar-refractivity contribution >= 4 is 54.6 Å². The van der Waals surface area contributed by atoms with E-state index >= 15 is 0 Å². The number of hydrogen-bond acceptors (Lipinski definition) is 7. The second-order valence-electron chi connectivity index (χ2n) is 13.3. The lowest BCUT2D eigenvalue weighted by molar-refractivity contribution is 0.666. The molecule has 0 aliphatic heterocycles. The van der Waals surface area contributed by atoms with Gasteiger partial charge in [0.1, 0.15) is 11.2 Å². The topological polar surface area (TPSA) is 90.7 Å². The molecule has 0 atom stereocenters. The third-order valence-corrected chi connectivity index (χ3v) is 10.2. The van der Waals surface area contributed by atoms with Crippen LogP contribution in [0.1, 0.15) is 0 Å². The van der Waals surface area contributed by atoms with Crippen molar-refractivity contribution in [1.82, 2.24) is 24.9 Å². The van der Waals surface area contributed by atoms with Crippen LogP contribution in [0.5, 0.6) is 0 Å². The van der Waals surface area contributed by atoms with E-state index < -0.39 is 0 Å². The predicted octanol–water partition coefficient (Wildman–Crippen LogP) is 11.9. The number of fused-ring (bicyclic) bond motifs is 7. The molecule has 0 amide bonds. The summed E-state index contributed by atoms with van der Waals surface area (Å²) in [5, 5.41) is 6.40. The van der Waals surface area contributed by atoms with Crippen LogP contribution in [-0.2, 0) is 0 Å². The SMILES string of the molecule is c1ccc(-c2nc(-c3ccc(-c4cccc5c(-c6cccc7oc8cnccc8c67)cccc45)cc3)nc(-c3cccc4oc5cnccc5c34)n2)cc1. The van der Waals surface area contributed by atoms with Gasteiger partial charge in [0, 0.05) is 50.6 Å². The Morgan fingerprint density at radius 2 is 0.815 bits per heavy atom. The predicted molar refractivity (Wildman–Crippen MR) is 215 cm³/mol. The van der Waals surface area contributed by atoms with Gasteiger partial charge in [-0.05, 0) is 57.3 Å². The van der Waals surface area contributed by atoms with Gasteiger partial charge in [-0.25, -0.2) is 15.0 Å². The van der Waals surface area contributed by atoms with Crippen molar-refractivity contribution in [2.24, 2.45) is 0 Å². The molecule has 11 rings (SSSR count). The minimum Gasteiger partial charge on any atom is -0.454 e. The first-order valence-electron chi connectivity index (χ1n) is 17.7. The lowest BCUT2D eigenvalue weighted by Gasteiger charge is -2.13. The average molecular weight is 694 g/mol. The zero-order chi connectivity index (χ0) is 35.6. The first-order chi connectivity index (χ1) is 26.8.